The fourth-order valence-electron chi connectivity index (χ4n) is 3.86. The monoisotopic (exact) mass is 405 g/mol. The number of carbonyl (C=O) groups excluding carboxylic acids is 1. The van der Waals surface area contributed by atoms with E-state index in [2.05, 4.69) is 20.4 Å². The minimum atomic E-state index is 0.138. The highest BCUT2D eigenvalue weighted by atomic mass is 16.5. The number of hydrogen-bond acceptors (Lipinski definition) is 5. The predicted molar refractivity (Wildman–Crippen MR) is 113 cm³/mol. The van der Waals surface area contributed by atoms with Crippen molar-refractivity contribution in [1.29, 1.82) is 0 Å². The Morgan fingerprint density at radius 1 is 1.24 bits per heavy atom. The molecule has 0 bridgehead atoms. The Balaban J connectivity index is 1.50. The van der Waals surface area contributed by atoms with Crippen LogP contribution in [0.4, 0.5) is 0 Å². The maximum absolute atomic E-state index is 11.7. The second-order valence-corrected chi connectivity index (χ2v) is 7.72. The van der Waals surface area contributed by atoms with Crippen molar-refractivity contribution in [2.45, 2.75) is 25.7 Å². The molecule has 1 aromatic heterocycles. The molecule has 162 valence electrons. The normalized spacial score (nSPS) is 19.3. The van der Waals surface area contributed by atoms with Crippen molar-refractivity contribution in [2.24, 2.45) is 10.9 Å². The molecule has 2 saturated heterocycles. The van der Waals surface area contributed by atoms with Crippen molar-refractivity contribution in [3.8, 4) is 0 Å². The number of carbonyl (C=O) groups is 1. The van der Waals surface area contributed by atoms with Gasteiger partial charge in [0.05, 0.1) is 26.0 Å². The van der Waals surface area contributed by atoms with Gasteiger partial charge in [-0.1, -0.05) is 0 Å². The van der Waals surface area contributed by atoms with Crippen molar-refractivity contribution in [3.63, 3.8) is 0 Å². The zero-order chi connectivity index (χ0) is 20.3. The van der Waals surface area contributed by atoms with Crippen LogP contribution in [0.2, 0.25) is 0 Å². The van der Waals surface area contributed by atoms with Crippen LogP contribution in [0.3, 0.4) is 0 Å². The quantitative estimate of drug-likeness (QED) is 0.495. The van der Waals surface area contributed by atoms with E-state index in [9.17, 15) is 4.79 Å². The Kier molecular flexibility index (Phi) is 8.82. The summed E-state index contributed by atoms with van der Waals surface area (Å²) >= 11 is 0. The van der Waals surface area contributed by atoms with E-state index in [4.69, 9.17) is 14.1 Å². The Morgan fingerprint density at radius 3 is 2.72 bits per heavy atom. The second kappa shape index (κ2) is 11.8. The van der Waals surface area contributed by atoms with E-state index in [1.807, 2.05) is 12.1 Å². The van der Waals surface area contributed by atoms with Crippen LogP contribution >= 0.6 is 0 Å². The molecular formula is C21H35N5O3. The van der Waals surface area contributed by atoms with E-state index in [1.54, 1.807) is 13.3 Å². The number of nitrogens with one attached hydrogen (secondary N) is 2. The molecule has 3 rings (SSSR count). The number of hydrogen-bond donors (Lipinski definition) is 2. The molecule has 2 fully saturated rings. The third-order valence-electron chi connectivity index (χ3n) is 5.68. The average molecular weight is 406 g/mol. The summed E-state index contributed by atoms with van der Waals surface area (Å²) in [5.41, 5.74) is 0. The van der Waals surface area contributed by atoms with Gasteiger partial charge in [-0.25, -0.2) is 0 Å². The van der Waals surface area contributed by atoms with Gasteiger partial charge in [0.1, 0.15) is 5.76 Å². The summed E-state index contributed by atoms with van der Waals surface area (Å²) in [6.45, 7) is 8.01. The molecular weight excluding hydrogens is 370 g/mol. The summed E-state index contributed by atoms with van der Waals surface area (Å²) in [4.78, 5) is 21.3. The maximum atomic E-state index is 11.7. The van der Waals surface area contributed by atoms with Gasteiger partial charge in [-0.15, -0.1) is 0 Å². The van der Waals surface area contributed by atoms with E-state index in [0.717, 1.165) is 90.0 Å². The third kappa shape index (κ3) is 7.36. The van der Waals surface area contributed by atoms with Crippen LogP contribution in [0, 0.1) is 5.92 Å². The number of ether oxygens (including phenoxy) is 1. The van der Waals surface area contributed by atoms with Gasteiger partial charge in [0.25, 0.3) is 0 Å². The molecule has 2 aliphatic rings. The minimum absolute atomic E-state index is 0.138. The van der Waals surface area contributed by atoms with Crippen molar-refractivity contribution < 1.29 is 13.9 Å². The van der Waals surface area contributed by atoms with Crippen molar-refractivity contribution in [1.82, 2.24) is 20.4 Å². The number of furan rings is 1. The van der Waals surface area contributed by atoms with Crippen LogP contribution in [0.25, 0.3) is 0 Å². The lowest BCUT2D eigenvalue weighted by molar-refractivity contribution is -0.121. The van der Waals surface area contributed by atoms with Crippen LogP contribution in [0.15, 0.2) is 27.8 Å². The van der Waals surface area contributed by atoms with Gasteiger partial charge >= 0.3 is 0 Å². The van der Waals surface area contributed by atoms with Crippen LogP contribution in [-0.4, -0.2) is 87.7 Å². The second-order valence-electron chi connectivity index (χ2n) is 7.72. The van der Waals surface area contributed by atoms with E-state index < -0.39 is 0 Å². The Labute approximate surface area is 173 Å². The van der Waals surface area contributed by atoms with Crippen LogP contribution in [0.5, 0.6) is 0 Å². The maximum Gasteiger partial charge on any atom is 0.220 e. The molecule has 0 unspecified atom stereocenters. The molecule has 0 radical (unpaired) electrons. The highest BCUT2D eigenvalue weighted by Crippen LogP contribution is 2.20. The van der Waals surface area contributed by atoms with E-state index in [-0.39, 0.29) is 5.91 Å². The fourth-order valence-corrected chi connectivity index (χ4v) is 3.86. The molecule has 0 spiro atoms. The molecule has 1 aromatic rings. The van der Waals surface area contributed by atoms with Gasteiger partial charge < -0.3 is 24.7 Å². The molecule has 0 aliphatic carbocycles. The predicted octanol–water partition coefficient (Wildman–Crippen LogP) is 0.948. The van der Waals surface area contributed by atoms with Gasteiger partial charge in [-0.3, -0.25) is 14.7 Å². The highest BCUT2D eigenvalue weighted by Gasteiger charge is 2.23. The lowest BCUT2D eigenvalue weighted by Gasteiger charge is -2.34. The van der Waals surface area contributed by atoms with Crippen LogP contribution in [-0.2, 0) is 16.0 Å². The zero-order valence-electron chi connectivity index (χ0n) is 17.6. The molecule has 0 aromatic carbocycles. The van der Waals surface area contributed by atoms with Gasteiger partial charge in [0.2, 0.25) is 5.91 Å². The first-order valence-corrected chi connectivity index (χ1v) is 10.8. The lowest BCUT2D eigenvalue weighted by atomic mass is 9.93. The average Bonchev–Trinajstić information content (AvgIpc) is 3.27. The molecule has 1 amide bonds. The van der Waals surface area contributed by atoms with Crippen molar-refractivity contribution in [2.75, 3.05) is 66.1 Å². The molecule has 3 heterocycles. The number of amides is 1. The van der Waals surface area contributed by atoms with Gasteiger partial charge in [0, 0.05) is 59.2 Å². The molecule has 8 heteroatoms. The van der Waals surface area contributed by atoms with Crippen molar-refractivity contribution in [3.05, 3.63) is 24.2 Å². The fraction of sp³-hybridized carbons (Fsp3) is 0.714. The van der Waals surface area contributed by atoms with E-state index >= 15 is 0 Å². The number of likely N-dealkylation sites (tertiary alicyclic amines) is 1. The summed E-state index contributed by atoms with van der Waals surface area (Å²) in [6.07, 6.45) is 5.22. The summed E-state index contributed by atoms with van der Waals surface area (Å²) in [7, 11) is 1.71. The van der Waals surface area contributed by atoms with Gasteiger partial charge in [-0.2, -0.15) is 0 Å². The zero-order valence-corrected chi connectivity index (χ0v) is 17.6. The third-order valence-corrected chi connectivity index (χ3v) is 5.68. The van der Waals surface area contributed by atoms with E-state index in [1.165, 1.54) is 0 Å². The van der Waals surface area contributed by atoms with Crippen LogP contribution in [0.1, 0.15) is 25.0 Å². The number of guanidine groups is 1. The number of nitrogens with zero attached hydrogens (tertiary/aromatic N) is 3. The molecule has 8 nitrogen and oxygen atoms in total. The molecule has 0 saturated carbocycles. The Morgan fingerprint density at radius 2 is 2.03 bits per heavy atom. The number of piperidine rings is 1. The number of aliphatic imine (C=N–C) groups is 1. The summed E-state index contributed by atoms with van der Waals surface area (Å²) in [5, 5.41) is 6.26. The lowest BCUT2D eigenvalue weighted by Crippen LogP contribution is -2.47. The number of rotatable bonds is 8. The summed E-state index contributed by atoms with van der Waals surface area (Å²) < 4.78 is 10.9. The molecule has 29 heavy (non-hydrogen) atoms. The first kappa shape index (κ1) is 21.6. The molecule has 2 aliphatic heterocycles. The topological polar surface area (TPSA) is 82.3 Å². The van der Waals surface area contributed by atoms with Gasteiger partial charge in [-0.05, 0) is 30.9 Å². The first-order valence-electron chi connectivity index (χ1n) is 10.8. The highest BCUT2D eigenvalue weighted by molar-refractivity contribution is 5.80. The largest absolute Gasteiger partial charge is 0.469 e. The number of morpholine rings is 1. The van der Waals surface area contributed by atoms with E-state index in [0.29, 0.717) is 12.3 Å². The summed E-state index contributed by atoms with van der Waals surface area (Å²) in [5.74, 6) is 2.56. The minimum Gasteiger partial charge on any atom is -0.469 e. The molecule has 0 atom stereocenters. The first-order chi connectivity index (χ1) is 14.2. The Hall–Kier alpha value is -2.06. The molecule has 2 N–H and O–H groups in total. The SMILES string of the molecule is CNC(=O)CC1CCN(C(=NCCN2CCOCC2)NCCc2ccco2)CC1. The van der Waals surface area contributed by atoms with Crippen molar-refractivity contribution >= 4 is 11.9 Å². The Bertz CT molecular complexity index is 620. The smallest absolute Gasteiger partial charge is 0.220 e. The standard InChI is InChI=1S/C21H35N5O3/c1-22-20(27)17-18-5-9-26(10-6-18)21(23-7-4-19-3-2-14-29-19)24-8-11-25-12-15-28-16-13-25/h2-3,14,18H,4-13,15-17H2,1H3,(H,22,27)(H,23,24). The van der Waals surface area contributed by atoms with Gasteiger partial charge in [0.15, 0.2) is 5.96 Å². The van der Waals surface area contributed by atoms with Crippen LogP contribution < -0.4 is 10.6 Å². The summed E-state index contributed by atoms with van der Waals surface area (Å²) in [6, 6.07) is 3.92.